The molecule has 0 unspecified atom stereocenters. The molecule has 0 bridgehead atoms. The van der Waals surface area contributed by atoms with Crippen molar-refractivity contribution in [3.63, 3.8) is 0 Å². The molecule has 0 saturated carbocycles. The Balaban J connectivity index is 2.72. The standard InChI is InChI=1S/C14H21NO2S/c1-10(2)15-8-12-7-11(3)5-6-13(12)18-9-14(16)17-4/h5-7,10,15H,8-9H2,1-4H3. The first-order valence-electron chi connectivity index (χ1n) is 6.05. The number of esters is 1. The Kier molecular flexibility index (Phi) is 6.22. The van der Waals surface area contributed by atoms with Crippen molar-refractivity contribution >= 4 is 17.7 Å². The third-order valence-electron chi connectivity index (χ3n) is 2.49. The van der Waals surface area contributed by atoms with E-state index in [1.807, 2.05) is 0 Å². The zero-order chi connectivity index (χ0) is 13.5. The van der Waals surface area contributed by atoms with Gasteiger partial charge in [0.05, 0.1) is 12.9 Å². The van der Waals surface area contributed by atoms with Gasteiger partial charge in [0, 0.05) is 17.5 Å². The molecule has 0 fully saturated rings. The van der Waals surface area contributed by atoms with E-state index in [1.54, 1.807) is 0 Å². The maximum absolute atomic E-state index is 11.2. The van der Waals surface area contributed by atoms with Gasteiger partial charge in [0.1, 0.15) is 0 Å². The van der Waals surface area contributed by atoms with E-state index in [9.17, 15) is 4.79 Å². The van der Waals surface area contributed by atoms with Crippen LogP contribution in [0.25, 0.3) is 0 Å². The second-order valence-corrected chi connectivity index (χ2v) is 5.53. The number of hydrogen-bond donors (Lipinski definition) is 1. The van der Waals surface area contributed by atoms with Gasteiger partial charge >= 0.3 is 5.97 Å². The van der Waals surface area contributed by atoms with Crippen LogP contribution in [0, 0.1) is 6.92 Å². The average Bonchev–Trinajstić information content (AvgIpc) is 2.34. The van der Waals surface area contributed by atoms with Crippen molar-refractivity contribution in [2.75, 3.05) is 12.9 Å². The van der Waals surface area contributed by atoms with Crippen LogP contribution in [0.4, 0.5) is 0 Å². The fraction of sp³-hybridized carbons (Fsp3) is 0.500. The second-order valence-electron chi connectivity index (χ2n) is 4.51. The van der Waals surface area contributed by atoms with Crippen molar-refractivity contribution in [3.05, 3.63) is 29.3 Å². The summed E-state index contributed by atoms with van der Waals surface area (Å²) in [6.45, 7) is 7.14. The van der Waals surface area contributed by atoms with E-state index >= 15 is 0 Å². The lowest BCUT2D eigenvalue weighted by atomic mass is 10.1. The SMILES string of the molecule is COC(=O)CSc1ccc(C)cc1CNC(C)C. The second kappa shape index (κ2) is 7.44. The van der Waals surface area contributed by atoms with Gasteiger partial charge in [0.15, 0.2) is 0 Å². The molecule has 4 heteroatoms. The molecule has 0 aliphatic carbocycles. The zero-order valence-electron chi connectivity index (χ0n) is 11.4. The third-order valence-corrected chi connectivity index (χ3v) is 3.58. The van der Waals surface area contributed by atoms with Gasteiger partial charge in [-0.2, -0.15) is 0 Å². The predicted octanol–water partition coefficient (Wildman–Crippen LogP) is 2.76. The minimum atomic E-state index is -0.191. The minimum absolute atomic E-state index is 0.191. The molecule has 1 N–H and O–H groups in total. The van der Waals surface area contributed by atoms with Gasteiger partial charge in [-0.25, -0.2) is 0 Å². The van der Waals surface area contributed by atoms with Gasteiger partial charge in [0.2, 0.25) is 0 Å². The molecule has 1 aromatic rings. The van der Waals surface area contributed by atoms with E-state index in [1.165, 1.54) is 30.0 Å². The normalized spacial score (nSPS) is 10.7. The molecule has 100 valence electrons. The summed E-state index contributed by atoms with van der Waals surface area (Å²) in [7, 11) is 1.42. The highest BCUT2D eigenvalue weighted by Gasteiger charge is 2.07. The summed E-state index contributed by atoms with van der Waals surface area (Å²) in [6.07, 6.45) is 0. The van der Waals surface area contributed by atoms with Crippen LogP contribution in [0.15, 0.2) is 23.1 Å². The zero-order valence-corrected chi connectivity index (χ0v) is 12.3. The maximum Gasteiger partial charge on any atom is 0.315 e. The van der Waals surface area contributed by atoms with E-state index in [2.05, 4.69) is 49.0 Å². The number of thioether (sulfide) groups is 1. The van der Waals surface area contributed by atoms with Crippen molar-refractivity contribution in [2.45, 2.75) is 38.3 Å². The van der Waals surface area contributed by atoms with Crippen molar-refractivity contribution in [1.82, 2.24) is 5.32 Å². The van der Waals surface area contributed by atoms with Crippen molar-refractivity contribution in [2.24, 2.45) is 0 Å². The minimum Gasteiger partial charge on any atom is -0.468 e. The molecule has 0 aliphatic heterocycles. The summed E-state index contributed by atoms with van der Waals surface area (Å²) in [6, 6.07) is 6.75. The fourth-order valence-electron chi connectivity index (χ4n) is 1.50. The Morgan fingerprint density at radius 3 is 2.78 bits per heavy atom. The van der Waals surface area contributed by atoms with Gasteiger partial charge in [-0.1, -0.05) is 31.5 Å². The molecule has 0 heterocycles. The van der Waals surface area contributed by atoms with Crippen LogP contribution in [-0.2, 0) is 16.1 Å². The molecule has 0 aromatic heterocycles. The van der Waals surface area contributed by atoms with Gasteiger partial charge in [0.25, 0.3) is 0 Å². The average molecular weight is 267 g/mol. The van der Waals surface area contributed by atoms with Gasteiger partial charge in [-0.15, -0.1) is 11.8 Å². The number of carbonyl (C=O) groups excluding carboxylic acids is 1. The first-order valence-corrected chi connectivity index (χ1v) is 7.04. The summed E-state index contributed by atoms with van der Waals surface area (Å²) in [4.78, 5) is 12.3. The molecule has 0 amide bonds. The molecule has 18 heavy (non-hydrogen) atoms. The molecule has 0 radical (unpaired) electrons. The highest BCUT2D eigenvalue weighted by Crippen LogP contribution is 2.24. The highest BCUT2D eigenvalue weighted by atomic mass is 32.2. The number of hydrogen-bond acceptors (Lipinski definition) is 4. The maximum atomic E-state index is 11.2. The van der Waals surface area contributed by atoms with Gasteiger partial charge in [-0.3, -0.25) is 4.79 Å². The number of nitrogens with one attached hydrogen (secondary N) is 1. The lowest BCUT2D eigenvalue weighted by Gasteiger charge is -2.13. The summed E-state index contributed by atoms with van der Waals surface area (Å²) in [5.41, 5.74) is 2.47. The van der Waals surface area contributed by atoms with Crippen LogP contribution < -0.4 is 5.32 Å². The lowest BCUT2D eigenvalue weighted by molar-refractivity contribution is -0.137. The van der Waals surface area contributed by atoms with Crippen molar-refractivity contribution in [3.8, 4) is 0 Å². The number of aryl methyl sites for hydroxylation is 1. The number of benzene rings is 1. The number of ether oxygens (including phenoxy) is 1. The summed E-state index contributed by atoms with van der Waals surface area (Å²) in [5, 5.41) is 3.40. The van der Waals surface area contributed by atoms with Gasteiger partial charge in [-0.05, 0) is 18.6 Å². The van der Waals surface area contributed by atoms with Crippen LogP contribution in [0.3, 0.4) is 0 Å². The highest BCUT2D eigenvalue weighted by molar-refractivity contribution is 8.00. The Bertz CT molecular complexity index is 405. The van der Waals surface area contributed by atoms with Crippen LogP contribution in [0.2, 0.25) is 0 Å². The molecular weight excluding hydrogens is 246 g/mol. The molecule has 0 spiro atoms. The van der Waals surface area contributed by atoms with Crippen LogP contribution in [0.5, 0.6) is 0 Å². The van der Waals surface area contributed by atoms with Crippen LogP contribution in [-0.4, -0.2) is 24.9 Å². The van der Waals surface area contributed by atoms with E-state index in [0.717, 1.165) is 11.4 Å². The van der Waals surface area contributed by atoms with E-state index in [4.69, 9.17) is 0 Å². The molecule has 1 rings (SSSR count). The Hall–Kier alpha value is -1.00. The Labute approximate surface area is 113 Å². The number of carbonyl (C=O) groups is 1. The molecule has 3 nitrogen and oxygen atoms in total. The predicted molar refractivity (Wildman–Crippen MR) is 75.9 cm³/mol. The molecule has 0 atom stereocenters. The monoisotopic (exact) mass is 267 g/mol. The largest absolute Gasteiger partial charge is 0.468 e. The number of methoxy groups -OCH3 is 1. The smallest absolute Gasteiger partial charge is 0.315 e. The third kappa shape index (κ3) is 5.10. The summed E-state index contributed by atoms with van der Waals surface area (Å²) < 4.78 is 4.66. The number of rotatable bonds is 6. The summed E-state index contributed by atoms with van der Waals surface area (Å²) in [5.74, 6) is 0.164. The van der Waals surface area contributed by atoms with Crippen molar-refractivity contribution in [1.29, 1.82) is 0 Å². The Morgan fingerprint density at radius 2 is 2.17 bits per heavy atom. The lowest BCUT2D eigenvalue weighted by Crippen LogP contribution is -2.22. The van der Waals surface area contributed by atoms with E-state index in [-0.39, 0.29) is 5.97 Å². The fourth-order valence-corrected chi connectivity index (χ4v) is 2.37. The van der Waals surface area contributed by atoms with Gasteiger partial charge < -0.3 is 10.1 Å². The first kappa shape index (κ1) is 15.1. The molecule has 1 aromatic carbocycles. The molecule has 0 aliphatic rings. The Morgan fingerprint density at radius 1 is 1.44 bits per heavy atom. The van der Waals surface area contributed by atoms with E-state index < -0.39 is 0 Å². The quantitative estimate of drug-likeness (QED) is 0.635. The van der Waals surface area contributed by atoms with E-state index in [0.29, 0.717) is 11.8 Å². The molecular formula is C14H21NO2S. The van der Waals surface area contributed by atoms with Crippen LogP contribution >= 0.6 is 11.8 Å². The topological polar surface area (TPSA) is 38.3 Å². The summed E-state index contributed by atoms with van der Waals surface area (Å²) >= 11 is 1.53. The molecule has 0 saturated heterocycles. The first-order chi connectivity index (χ1) is 8.52. The van der Waals surface area contributed by atoms with Crippen LogP contribution in [0.1, 0.15) is 25.0 Å². The van der Waals surface area contributed by atoms with Crippen molar-refractivity contribution < 1.29 is 9.53 Å².